The highest BCUT2D eigenvalue weighted by molar-refractivity contribution is 7.99. The van der Waals surface area contributed by atoms with Gasteiger partial charge in [0.05, 0.1) is 29.9 Å². The zero-order valence-corrected chi connectivity index (χ0v) is 15.4. The second-order valence-corrected chi connectivity index (χ2v) is 7.69. The lowest BCUT2D eigenvalue weighted by molar-refractivity contribution is -0.138. The Morgan fingerprint density at radius 3 is 2.88 bits per heavy atom. The summed E-state index contributed by atoms with van der Waals surface area (Å²) in [6.07, 6.45) is 1.69. The first kappa shape index (κ1) is 17.7. The van der Waals surface area contributed by atoms with Crippen molar-refractivity contribution in [1.82, 2.24) is 19.7 Å². The monoisotopic (exact) mass is 362 g/mol. The fourth-order valence-electron chi connectivity index (χ4n) is 3.11. The van der Waals surface area contributed by atoms with E-state index in [1.54, 1.807) is 22.9 Å². The summed E-state index contributed by atoms with van der Waals surface area (Å²) in [5, 5.41) is 14.3. The predicted octanol–water partition coefficient (Wildman–Crippen LogP) is 2.35. The number of fused-ring (bicyclic) bond motifs is 1. The number of nitrogens with zero attached hydrogens (tertiary/aromatic N) is 4. The SMILES string of the molecule is Cc1nc2c(cnn2C(C)C)cc1C(=O)N1CCSCC1CC(=O)O. The zero-order valence-electron chi connectivity index (χ0n) is 14.6. The molecule has 1 fully saturated rings. The number of thioether (sulfide) groups is 1. The number of carbonyl (C=O) groups excluding carboxylic acids is 1. The van der Waals surface area contributed by atoms with E-state index in [9.17, 15) is 9.59 Å². The number of carbonyl (C=O) groups is 2. The van der Waals surface area contributed by atoms with Gasteiger partial charge in [0.1, 0.15) is 0 Å². The summed E-state index contributed by atoms with van der Waals surface area (Å²) < 4.78 is 1.83. The Kier molecular flexibility index (Phi) is 4.99. The normalized spacial score (nSPS) is 18.1. The summed E-state index contributed by atoms with van der Waals surface area (Å²) in [7, 11) is 0. The van der Waals surface area contributed by atoms with Crippen molar-refractivity contribution in [3.8, 4) is 0 Å². The molecule has 0 aromatic carbocycles. The number of aromatic nitrogens is 3. The maximum Gasteiger partial charge on any atom is 0.305 e. The molecule has 1 atom stereocenters. The minimum absolute atomic E-state index is 0.0290. The van der Waals surface area contributed by atoms with Crippen LogP contribution in [0.5, 0.6) is 0 Å². The van der Waals surface area contributed by atoms with E-state index in [0.29, 0.717) is 23.6 Å². The molecule has 1 amide bonds. The predicted molar refractivity (Wildman–Crippen MR) is 97.1 cm³/mol. The number of hydrogen-bond donors (Lipinski definition) is 1. The molecular formula is C17H22N4O3S. The number of pyridine rings is 1. The standard InChI is InChI=1S/C17H22N4O3S/c1-10(2)21-16-12(8-18-21)6-14(11(3)19-16)17(24)20-4-5-25-9-13(20)7-15(22)23/h6,8,10,13H,4-5,7,9H2,1-3H3,(H,22,23). The van der Waals surface area contributed by atoms with Crippen LogP contribution in [-0.4, -0.2) is 60.7 Å². The molecule has 7 nitrogen and oxygen atoms in total. The molecule has 3 heterocycles. The number of carboxylic acids is 1. The highest BCUT2D eigenvalue weighted by Crippen LogP contribution is 2.24. The maximum atomic E-state index is 13.1. The van der Waals surface area contributed by atoms with E-state index in [1.807, 2.05) is 31.5 Å². The fourth-order valence-corrected chi connectivity index (χ4v) is 4.17. The zero-order chi connectivity index (χ0) is 18.1. The largest absolute Gasteiger partial charge is 0.481 e. The van der Waals surface area contributed by atoms with Gasteiger partial charge in [-0.2, -0.15) is 16.9 Å². The Morgan fingerprint density at radius 2 is 2.20 bits per heavy atom. The summed E-state index contributed by atoms with van der Waals surface area (Å²) in [4.78, 5) is 30.4. The average Bonchev–Trinajstić information content (AvgIpc) is 2.96. The van der Waals surface area contributed by atoms with Crippen LogP contribution < -0.4 is 0 Å². The minimum Gasteiger partial charge on any atom is -0.481 e. The van der Waals surface area contributed by atoms with Crippen molar-refractivity contribution in [2.24, 2.45) is 0 Å². The molecule has 1 saturated heterocycles. The molecule has 8 heteroatoms. The van der Waals surface area contributed by atoms with E-state index in [1.165, 1.54) is 0 Å². The van der Waals surface area contributed by atoms with Crippen LogP contribution in [0.3, 0.4) is 0 Å². The molecule has 1 N–H and O–H groups in total. The highest BCUT2D eigenvalue weighted by atomic mass is 32.2. The molecule has 1 aliphatic rings. The number of carboxylic acid groups (broad SMARTS) is 1. The lowest BCUT2D eigenvalue weighted by Gasteiger charge is -2.34. The fraction of sp³-hybridized carbons (Fsp3) is 0.529. The number of rotatable bonds is 4. The minimum atomic E-state index is -0.881. The van der Waals surface area contributed by atoms with Crippen LogP contribution in [0.25, 0.3) is 11.0 Å². The van der Waals surface area contributed by atoms with E-state index < -0.39 is 5.97 Å². The van der Waals surface area contributed by atoms with Crippen LogP contribution in [0.4, 0.5) is 0 Å². The van der Waals surface area contributed by atoms with Gasteiger partial charge in [0.15, 0.2) is 5.65 Å². The molecule has 2 aromatic heterocycles. The van der Waals surface area contributed by atoms with Crippen LogP contribution in [0, 0.1) is 6.92 Å². The molecule has 1 aliphatic heterocycles. The van der Waals surface area contributed by atoms with Crippen LogP contribution in [0.1, 0.15) is 42.4 Å². The van der Waals surface area contributed by atoms with Crippen molar-refractivity contribution in [2.45, 2.75) is 39.3 Å². The van der Waals surface area contributed by atoms with Gasteiger partial charge in [-0.25, -0.2) is 9.67 Å². The lowest BCUT2D eigenvalue weighted by Crippen LogP contribution is -2.47. The van der Waals surface area contributed by atoms with Gasteiger partial charge >= 0.3 is 5.97 Å². The third-order valence-corrected chi connectivity index (χ3v) is 5.47. The molecule has 134 valence electrons. The summed E-state index contributed by atoms with van der Waals surface area (Å²) in [5.74, 6) is 0.449. The van der Waals surface area contributed by atoms with Crippen LogP contribution in [-0.2, 0) is 4.79 Å². The molecule has 0 spiro atoms. The van der Waals surface area contributed by atoms with Gasteiger partial charge in [0.2, 0.25) is 0 Å². The maximum absolute atomic E-state index is 13.1. The first-order valence-electron chi connectivity index (χ1n) is 8.34. The van der Waals surface area contributed by atoms with E-state index >= 15 is 0 Å². The quantitative estimate of drug-likeness (QED) is 0.898. The van der Waals surface area contributed by atoms with Crippen LogP contribution >= 0.6 is 11.8 Å². The van der Waals surface area contributed by atoms with Gasteiger partial charge in [-0.15, -0.1) is 0 Å². The molecule has 0 radical (unpaired) electrons. The Labute approximate surface area is 150 Å². The third kappa shape index (κ3) is 3.49. The van der Waals surface area contributed by atoms with Crippen molar-refractivity contribution in [2.75, 3.05) is 18.1 Å². The number of aryl methyl sites for hydroxylation is 1. The average molecular weight is 362 g/mol. The molecule has 25 heavy (non-hydrogen) atoms. The van der Waals surface area contributed by atoms with E-state index in [-0.39, 0.29) is 24.4 Å². The molecule has 1 unspecified atom stereocenters. The highest BCUT2D eigenvalue weighted by Gasteiger charge is 2.30. The second-order valence-electron chi connectivity index (χ2n) is 6.54. The van der Waals surface area contributed by atoms with Crippen LogP contribution in [0.15, 0.2) is 12.3 Å². The molecule has 0 bridgehead atoms. The van der Waals surface area contributed by atoms with Crippen molar-refractivity contribution < 1.29 is 14.7 Å². The first-order chi connectivity index (χ1) is 11.9. The van der Waals surface area contributed by atoms with Gasteiger partial charge in [0, 0.05) is 29.5 Å². The van der Waals surface area contributed by atoms with Gasteiger partial charge in [-0.05, 0) is 26.8 Å². The summed E-state index contributed by atoms with van der Waals surface area (Å²) in [6, 6.07) is 1.73. The van der Waals surface area contributed by atoms with Gasteiger partial charge in [-0.1, -0.05) is 0 Å². The van der Waals surface area contributed by atoms with E-state index in [2.05, 4.69) is 10.1 Å². The van der Waals surface area contributed by atoms with Crippen molar-refractivity contribution >= 4 is 34.7 Å². The van der Waals surface area contributed by atoms with Crippen molar-refractivity contribution in [1.29, 1.82) is 0 Å². The first-order valence-corrected chi connectivity index (χ1v) is 9.49. The topological polar surface area (TPSA) is 88.3 Å². The Hall–Kier alpha value is -2.09. The Morgan fingerprint density at radius 1 is 1.44 bits per heavy atom. The number of hydrogen-bond acceptors (Lipinski definition) is 5. The van der Waals surface area contributed by atoms with E-state index in [0.717, 1.165) is 16.8 Å². The lowest BCUT2D eigenvalue weighted by atomic mass is 10.1. The van der Waals surface area contributed by atoms with Gasteiger partial charge in [-0.3, -0.25) is 9.59 Å². The summed E-state index contributed by atoms with van der Waals surface area (Å²) >= 11 is 1.69. The molecule has 3 rings (SSSR count). The van der Waals surface area contributed by atoms with Crippen LogP contribution in [0.2, 0.25) is 0 Å². The van der Waals surface area contributed by atoms with Crippen molar-refractivity contribution in [3.05, 3.63) is 23.5 Å². The number of amides is 1. The number of aliphatic carboxylic acids is 1. The van der Waals surface area contributed by atoms with Gasteiger partial charge in [0.25, 0.3) is 5.91 Å². The van der Waals surface area contributed by atoms with Gasteiger partial charge < -0.3 is 10.0 Å². The Balaban J connectivity index is 1.95. The molecular weight excluding hydrogens is 340 g/mol. The van der Waals surface area contributed by atoms with Crippen molar-refractivity contribution in [3.63, 3.8) is 0 Å². The molecule has 0 saturated carbocycles. The molecule has 2 aromatic rings. The molecule has 0 aliphatic carbocycles. The second kappa shape index (κ2) is 7.03. The Bertz CT molecular complexity index is 818. The van der Waals surface area contributed by atoms with E-state index in [4.69, 9.17) is 5.11 Å². The summed E-state index contributed by atoms with van der Waals surface area (Å²) in [6.45, 7) is 6.44. The summed E-state index contributed by atoms with van der Waals surface area (Å²) in [5.41, 5.74) is 1.94. The third-order valence-electron chi connectivity index (χ3n) is 4.38. The smallest absolute Gasteiger partial charge is 0.305 e.